The summed E-state index contributed by atoms with van der Waals surface area (Å²) in [4.78, 5) is 4.90. The molecule has 0 spiro atoms. The number of nitrogens with two attached hydrogens (primary N) is 1. The van der Waals surface area contributed by atoms with Crippen molar-refractivity contribution in [2.75, 3.05) is 44.2 Å². The van der Waals surface area contributed by atoms with Crippen molar-refractivity contribution in [3.05, 3.63) is 29.8 Å². The van der Waals surface area contributed by atoms with Gasteiger partial charge in [0.2, 0.25) is 0 Å². The second-order valence-corrected chi connectivity index (χ2v) is 5.70. The molecule has 1 aromatic carbocycles. The van der Waals surface area contributed by atoms with E-state index in [0.29, 0.717) is 12.6 Å². The van der Waals surface area contributed by atoms with Crippen molar-refractivity contribution in [1.29, 1.82) is 0 Å². The fourth-order valence-corrected chi connectivity index (χ4v) is 2.86. The van der Waals surface area contributed by atoms with Crippen LogP contribution < -0.4 is 10.6 Å². The summed E-state index contributed by atoms with van der Waals surface area (Å²) in [6, 6.07) is 8.60. The molecule has 0 saturated carbocycles. The summed E-state index contributed by atoms with van der Waals surface area (Å²) >= 11 is 0. The maximum absolute atomic E-state index is 5.95. The highest BCUT2D eigenvalue weighted by molar-refractivity contribution is 5.47. The number of hydrogen-bond donors (Lipinski definition) is 1. The second kappa shape index (κ2) is 8.37. The van der Waals surface area contributed by atoms with Crippen LogP contribution in [0.15, 0.2) is 24.3 Å². The standard InChI is InChI=1S/C17H29N3O/c1-3-9-20(16-7-5-15(12-18)6-8-16)14-17-13-19(4-2)10-11-21-17/h5-8,17H,3-4,9-14,18H2,1-2H3. The van der Waals surface area contributed by atoms with E-state index in [2.05, 4.69) is 47.9 Å². The number of ether oxygens (including phenoxy) is 1. The van der Waals surface area contributed by atoms with E-state index < -0.39 is 0 Å². The van der Waals surface area contributed by atoms with Crippen molar-refractivity contribution in [3.63, 3.8) is 0 Å². The van der Waals surface area contributed by atoms with E-state index in [9.17, 15) is 0 Å². The number of hydrogen-bond acceptors (Lipinski definition) is 4. The van der Waals surface area contributed by atoms with Crippen LogP contribution in [-0.2, 0) is 11.3 Å². The fourth-order valence-electron chi connectivity index (χ4n) is 2.86. The van der Waals surface area contributed by atoms with Crippen molar-refractivity contribution >= 4 is 5.69 Å². The minimum absolute atomic E-state index is 0.305. The summed E-state index contributed by atoms with van der Waals surface area (Å²) in [6.07, 6.45) is 1.45. The lowest BCUT2D eigenvalue weighted by Gasteiger charge is -2.36. The van der Waals surface area contributed by atoms with E-state index >= 15 is 0 Å². The zero-order chi connectivity index (χ0) is 15.1. The van der Waals surface area contributed by atoms with Gasteiger partial charge in [-0.15, -0.1) is 0 Å². The van der Waals surface area contributed by atoms with Gasteiger partial charge in [-0.1, -0.05) is 26.0 Å². The van der Waals surface area contributed by atoms with Crippen molar-refractivity contribution in [2.45, 2.75) is 32.9 Å². The maximum atomic E-state index is 5.95. The number of nitrogens with zero attached hydrogens (tertiary/aromatic N) is 2. The first-order chi connectivity index (χ1) is 10.3. The molecule has 1 fully saturated rings. The molecule has 2 rings (SSSR count). The molecular weight excluding hydrogens is 262 g/mol. The molecule has 118 valence electrons. The summed E-state index contributed by atoms with van der Waals surface area (Å²) in [7, 11) is 0. The summed E-state index contributed by atoms with van der Waals surface area (Å²) in [6.45, 7) is 11.1. The first-order valence-electron chi connectivity index (χ1n) is 8.14. The highest BCUT2D eigenvalue weighted by Gasteiger charge is 2.21. The third kappa shape index (κ3) is 4.70. The molecular formula is C17H29N3O. The van der Waals surface area contributed by atoms with Crippen LogP contribution in [0.3, 0.4) is 0 Å². The second-order valence-electron chi connectivity index (χ2n) is 5.70. The fraction of sp³-hybridized carbons (Fsp3) is 0.647. The SMILES string of the molecule is CCCN(CC1CN(CC)CCO1)c1ccc(CN)cc1. The lowest BCUT2D eigenvalue weighted by atomic mass is 10.1. The topological polar surface area (TPSA) is 41.7 Å². The van der Waals surface area contributed by atoms with Gasteiger partial charge in [-0.25, -0.2) is 0 Å². The van der Waals surface area contributed by atoms with Gasteiger partial charge < -0.3 is 15.4 Å². The quantitative estimate of drug-likeness (QED) is 0.835. The van der Waals surface area contributed by atoms with Gasteiger partial charge in [0.25, 0.3) is 0 Å². The largest absolute Gasteiger partial charge is 0.374 e. The Morgan fingerprint density at radius 3 is 2.67 bits per heavy atom. The van der Waals surface area contributed by atoms with Crippen LogP contribution in [0.25, 0.3) is 0 Å². The molecule has 1 unspecified atom stereocenters. The Bertz CT molecular complexity index is 407. The molecule has 0 amide bonds. The van der Waals surface area contributed by atoms with Crippen molar-refractivity contribution < 1.29 is 4.74 Å². The third-order valence-corrected chi connectivity index (χ3v) is 4.12. The molecule has 4 heteroatoms. The summed E-state index contributed by atoms with van der Waals surface area (Å²) in [5.74, 6) is 0. The minimum atomic E-state index is 0.305. The molecule has 0 radical (unpaired) electrons. The molecule has 0 aromatic heterocycles. The highest BCUT2D eigenvalue weighted by atomic mass is 16.5. The molecule has 1 heterocycles. The van der Waals surface area contributed by atoms with Crippen LogP contribution in [0.1, 0.15) is 25.8 Å². The predicted octanol–water partition coefficient (Wildman–Crippen LogP) is 2.08. The maximum Gasteiger partial charge on any atom is 0.0877 e. The van der Waals surface area contributed by atoms with E-state index in [1.165, 1.54) is 11.3 Å². The first-order valence-corrected chi connectivity index (χ1v) is 8.14. The number of morpholine rings is 1. The lowest BCUT2D eigenvalue weighted by Crippen LogP contribution is -2.47. The molecule has 0 aliphatic carbocycles. The van der Waals surface area contributed by atoms with Crippen LogP contribution in [0.5, 0.6) is 0 Å². The van der Waals surface area contributed by atoms with E-state index in [1.807, 2.05) is 0 Å². The number of likely N-dealkylation sites (N-methyl/N-ethyl adjacent to an activating group) is 1. The number of anilines is 1. The zero-order valence-electron chi connectivity index (χ0n) is 13.4. The van der Waals surface area contributed by atoms with Gasteiger partial charge in [-0.3, -0.25) is 4.90 Å². The van der Waals surface area contributed by atoms with Crippen molar-refractivity contribution in [3.8, 4) is 0 Å². The average molecular weight is 291 g/mol. The molecule has 1 aliphatic rings. The normalized spacial score (nSPS) is 19.7. The summed E-state index contributed by atoms with van der Waals surface area (Å²) in [5, 5.41) is 0. The van der Waals surface area contributed by atoms with E-state index in [1.54, 1.807) is 0 Å². The van der Waals surface area contributed by atoms with Crippen LogP contribution >= 0.6 is 0 Å². The van der Waals surface area contributed by atoms with Gasteiger partial charge in [0.05, 0.1) is 12.7 Å². The minimum Gasteiger partial charge on any atom is -0.374 e. The summed E-state index contributed by atoms with van der Waals surface area (Å²) < 4.78 is 5.95. The molecule has 1 aliphatic heterocycles. The van der Waals surface area contributed by atoms with Crippen LogP contribution in [0.4, 0.5) is 5.69 Å². The van der Waals surface area contributed by atoms with Gasteiger partial charge in [0, 0.05) is 38.4 Å². The predicted molar refractivity (Wildman–Crippen MR) is 88.7 cm³/mol. The molecule has 2 N–H and O–H groups in total. The van der Waals surface area contributed by atoms with E-state index in [4.69, 9.17) is 10.5 Å². The summed E-state index contributed by atoms with van der Waals surface area (Å²) in [5.41, 5.74) is 8.13. The van der Waals surface area contributed by atoms with Gasteiger partial charge in [0.15, 0.2) is 0 Å². The first kappa shape index (κ1) is 16.3. The van der Waals surface area contributed by atoms with Gasteiger partial charge in [-0.05, 0) is 30.7 Å². The Labute approximate surface area is 128 Å². The van der Waals surface area contributed by atoms with Crippen molar-refractivity contribution in [2.24, 2.45) is 5.73 Å². The monoisotopic (exact) mass is 291 g/mol. The van der Waals surface area contributed by atoms with Gasteiger partial charge in [-0.2, -0.15) is 0 Å². The average Bonchev–Trinajstić information content (AvgIpc) is 2.55. The Morgan fingerprint density at radius 2 is 2.05 bits per heavy atom. The van der Waals surface area contributed by atoms with Gasteiger partial charge >= 0.3 is 0 Å². The smallest absolute Gasteiger partial charge is 0.0877 e. The number of benzene rings is 1. The van der Waals surface area contributed by atoms with Crippen LogP contribution in [0, 0.1) is 0 Å². The van der Waals surface area contributed by atoms with E-state index in [0.717, 1.165) is 45.8 Å². The molecule has 4 nitrogen and oxygen atoms in total. The van der Waals surface area contributed by atoms with Crippen LogP contribution in [-0.4, -0.2) is 50.3 Å². The molecule has 1 saturated heterocycles. The van der Waals surface area contributed by atoms with Crippen LogP contribution in [0.2, 0.25) is 0 Å². The Hall–Kier alpha value is -1.10. The van der Waals surface area contributed by atoms with Crippen molar-refractivity contribution in [1.82, 2.24) is 4.90 Å². The lowest BCUT2D eigenvalue weighted by molar-refractivity contribution is -0.0220. The molecule has 0 bridgehead atoms. The Kier molecular flexibility index (Phi) is 6.49. The van der Waals surface area contributed by atoms with E-state index in [-0.39, 0.29) is 0 Å². The number of rotatable bonds is 7. The van der Waals surface area contributed by atoms with Gasteiger partial charge in [0.1, 0.15) is 0 Å². The Balaban J connectivity index is 2.00. The molecule has 21 heavy (non-hydrogen) atoms. The molecule has 1 aromatic rings. The third-order valence-electron chi connectivity index (χ3n) is 4.12. The highest BCUT2D eigenvalue weighted by Crippen LogP contribution is 2.18. The Morgan fingerprint density at radius 1 is 1.29 bits per heavy atom. The molecule has 1 atom stereocenters. The zero-order valence-corrected chi connectivity index (χ0v) is 13.4.